The summed E-state index contributed by atoms with van der Waals surface area (Å²) in [6.07, 6.45) is -0.918. The van der Waals surface area contributed by atoms with E-state index in [1.807, 2.05) is 10.3 Å². The van der Waals surface area contributed by atoms with Gasteiger partial charge in [-0.25, -0.2) is 4.98 Å². The second-order valence-electron chi connectivity index (χ2n) is 6.72. The van der Waals surface area contributed by atoms with E-state index in [0.29, 0.717) is 34.2 Å². The van der Waals surface area contributed by atoms with E-state index in [-0.39, 0.29) is 11.3 Å². The van der Waals surface area contributed by atoms with E-state index in [4.69, 9.17) is 14.3 Å². The highest BCUT2D eigenvalue weighted by atomic mass is 32.1. The highest BCUT2D eigenvalue weighted by Gasteiger charge is 2.39. The summed E-state index contributed by atoms with van der Waals surface area (Å²) in [5.41, 5.74) is 1.23. The molecule has 10 heteroatoms. The Bertz CT molecular complexity index is 962. The van der Waals surface area contributed by atoms with Gasteiger partial charge in [0.2, 0.25) is 0 Å². The number of fused-ring (bicyclic) bond motifs is 3. The summed E-state index contributed by atoms with van der Waals surface area (Å²) < 4.78 is 37.8. The molecule has 3 aliphatic rings. The van der Waals surface area contributed by atoms with Crippen molar-refractivity contribution in [3.63, 3.8) is 0 Å². The van der Waals surface area contributed by atoms with Crippen LogP contribution in [0, 0.1) is 0 Å². The van der Waals surface area contributed by atoms with Crippen molar-refractivity contribution in [1.82, 2.24) is 15.3 Å². The molecule has 142 valence electrons. The highest BCUT2D eigenvalue weighted by Crippen LogP contribution is 2.39. The molecule has 6 rings (SSSR count). The Balaban J connectivity index is 1.60. The molecule has 27 heavy (non-hydrogen) atoms. The number of benzene rings is 1. The predicted octanol–water partition coefficient (Wildman–Crippen LogP) is 2.47. The maximum Gasteiger partial charge on any atom is 0.421 e. The van der Waals surface area contributed by atoms with E-state index in [1.54, 1.807) is 12.3 Å². The van der Waals surface area contributed by atoms with Crippen LogP contribution >= 0.6 is 11.3 Å². The fraction of sp³-hybridized carbons (Fsp3) is 0.412. The number of nitrogens with one attached hydrogen (secondary N) is 1. The molecule has 0 radical (unpaired) electrons. The molecule has 0 spiro atoms. The van der Waals surface area contributed by atoms with Gasteiger partial charge in [-0.1, -0.05) is 0 Å². The van der Waals surface area contributed by atoms with Crippen LogP contribution in [0.25, 0.3) is 21.7 Å². The van der Waals surface area contributed by atoms with Crippen molar-refractivity contribution in [2.75, 3.05) is 24.6 Å². The molecule has 0 amide bonds. The Kier molecular flexibility index (Phi) is 3.81. The summed E-state index contributed by atoms with van der Waals surface area (Å²) in [7, 11) is 0. The molecule has 2 unspecified atom stereocenters. The number of nitrogens with zero attached hydrogens (tertiary/aromatic N) is 3. The number of aromatic nitrogens is 2. The number of aliphatic hydroxyl groups excluding tert-OH is 1. The van der Waals surface area contributed by atoms with Gasteiger partial charge in [0.25, 0.3) is 6.01 Å². The van der Waals surface area contributed by atoms with Gasteiger partial charge in [-0.2, -0.15) is 13.8 Å². The fourth-order valence-electron chi connectivity index (χ4n) is 3.58. The molecule has 3 saturated heterocycles. The molecular weight excluding hydrogens is 378 g/mol. The van der Waals surface area contributed by atoms with E-state index in [0.717, 1.165) is 19.5 Å². The molecule has 2 N–H and O–H groups in total. The van der Waals surface area contributed by atoms with E-state index in [2.05, 4.69) is 15.3 Å². The molecule has 1 aromatic carbocycles. The van der Waals surface area contributed by atoms with Crippen LogP contribution in [0.15, 0.2) is 28.1 Å². The summed E-state index contributed by atoms with van der Waals surface area (Å²) in [6, 6.07) is 4.19. The molecule has 0 saturated carbocycles. The van der Waals surface area contributed by atoms with Crippen molar-refractivity contribution in [1.29, 1.82) is 0 Å². The lowest BCUT2D eigenvalue weighted by Crippen LogP contribution is -2.67. The third kappa shape index (κ3) is 2.93. The molecule has 3 aliphatic heterocycles. The molecule has 3 fully saturated rings. The van der Waals surface area contributed by atoms with Crippen molar-refractivity contribution in [2.45, 2.75) is 24.6 Å². The van der Waals surface area contributed by atoms with Crippen LogP contribution < -0.4 is 15.0 Å². The van der Waals surface area contributed by atoms with E-state index >= 15 is 0 Å². The Morgan fingerprint density at radius 1 is 1.37 bits per heavy atom. The van der Waals surface area contributed by atoms with Gasteiger partial charge >= 0.3 is 6.11 Å². The van der Waals surface area contributed by atoms with Gasteiger partial charge in [0.1, 0.15) is 17.1 Å². The minimum atomic E-state index is -3.71. The molecule has 2 atom stereocenters. The predicted molar refractivity (Wildman–Crippen MR) is 95.3 cm³/mol. The third-order valence-electron chi connectivity index (χ3n) is 4.79. The minimum absolute atomic E-state index is 0.123. The van der Waals surface area contributed by atoms with Crippen molar-refractivity contribution < 1.29 is 23.0 Å². The minimum Gasteiger partial charge on any atom is -0.427 e. The fourth-order valence-corrected chi connectivity index (χ4v) is 4.24. The van der Waals surface area contributed by atoms with Gasteiger partial charge in [0, 0.05) is 42.3 Å². The van der Waals surface area contributed by atoms with Crippen molar-refractivity contribution in [2.24, 2.45) is 0 Å². The lowest BCUT2D eigenvalue weighted by molar-refractivity contribution is -0.200. The number of hydrogen-bond donors (Lipinski definition) is 2. The van der Waals surface area contributed by atoms with Crippen molar-refractivity contribution >= 4 is 28.5 Å². The lowest BCUT2D eigenvalue weighted by Gasteiger charge is -2.47. The first-order valence-corrected chi connectivity index (χ1v) is 9.42. The zero-order valence-corrected chi connectivity index (χ0v) is 14.9. The molecule has 0 aliphatic carbocycles. The van der Waals surface area contributed by atoms with Gasteiger partial charge in [-0.15, -0.1) is 11.3 Å². The third-order valence-corrected chi connectivity index (χ3v) is 5.60. The smallest absolute Gasteiger partial charge is 0.421 e. The molecule has 3 aromatic rings. The lowest BCUT2D eigenvalue weighted by atomic mass is 9.92. The van der Waals surface area contributed by atoms with Crippen LogP contribution in [0.4, 0.5) is 14.8 Å². The first-order chi connectivity index (χ1) is 13.0. The van der Waals surface area contributed by atoms with Crippen LogP contribution in [-0.2, 0) is 0 Å². The average Bonchev–Trinajstić information content (AvgIpc) is 3.31. The molecule has 5 heterocycles. The van der Waals surface area contributed by atoms with Gasteiger partial charge in [0.15, 0.2) is 11.3 Å². The summed E-state index contributed by atoms with van der Waals surface area (Å²) in [5, 5.41) is 14.8. The zero-order chi connectivity index (χ0) is 18.6. The van der Waals surface area contributed by atoms with Crippen LogP contribution in [0.3, 0.4) is 0 Å². The number of anilines is 1. The van der Waals surface area contributed by atoms with Gasteiger partial charge in [0.05, 0.1) is 0 Å². The standard InChI is InChI=1S/C17H16F2N4O3S/c18-17(19,8-24)26-12-2-1-11(15-20-3-4-27-15)13-14(12)25-16(22-13)23-6-9-5-10(7-23)21-9/h1-4,9-10,21,24H,5-8H2. The van der Waals surface area contributed by atoms with Crippen LogP contribution in [-0.4, -0.2) is 53.0 Å². The number of aliphatic hydroxyl groups is 1. The number of ether oxygens (including phenoxy) is 1. The van der Waals surface area contributed by atoms with Gasteiger partial charge in [-0.05, 0) is 18.6 Å². The van der Waals surface area contributed by atoms with Crippen LogP contribution in [0.2, 0.25) is 0 Å². The summed E-state index contributed by atoms with van der Waals surface area (Å²) >= 11 is 1.42. The molecule has 7 nitrogen and oxygen atoms in total. The summed E-state index contributed by atoms with van der Waals surface area (Å²) in [5.74, 6) is -0.164. The summed E-state index contributed by atoms with van der Waals surface area (Å²) in [6.45, 7) is 0.0721. The number of alkyl halides is 2. The first-order valence-electron chi connectivity index (χ1n) is 8.54. The van der Waals surface area contributed by atoms with Gasteiger partial charge < -0.3 is 24.5 Å². The zero-order valence-electron chi connectivity index (χ0n) is 14.1. The first kappa shape index (κ1) is 16.8. The Hall–Kier alpha value is -2.30. The quantitative estimate of drug-likeness (QED) is 0.688. The molecule has 2 bridgehead atoms. The van der Waals surface area contributed by atoms with Crippen LogP contribution in [0.5, 0.6) is 5.75 Å². The second kappa shape index (κ2) is 6.11. The van der Waals surface area contributed by atoms with Crippen molar-refractivity contribution in [3.8, 4) is 16.3 Å². The van der Waals surface area contributed by atoms with Crippen LogP contribution in [0.1, 0.15) is 6.42 Å². The average molecular weight is 394 g/mol. The van der Waals surface area contributed by atoms with Crippen molar-refractivity contribution in [3.05, 3.63) is 23.7 Å². The van der Waals surface area contributed by atoms with E-state index < -0.39 is 12.7 Å². The SMILES string of the molecule is OCC(F)(F)Oc1ccc(-c2nccs2)c2nc(N3CC4CC(C3)N4)oc12. The second-order valence-corrected chi connectivity index (χ2v) is 7.62. The van der Waals surface area contributed by atoms with E-state index in [9.17, 15) is 8.78 Å². The summed E-state index contributed by atoms with van der Waals surface area (Å²) in [4.78, 5) is 10.9. The largest absolute Gasteiger partial charge is 0.427 e. The Labute approximate surface area is 156 Å². The maximum absolute atomic E-state index is 13.6. The Morgan fingerprint density at radius 2 is 2.15 bits per heavy atom. The number of halogens is 2. The Morgan fingerprint density at radius 3 is 2.81 bits per heavy atom. The number of thiazole rings is 1. The monoisotopic (exact) mass is 394 g/mol. The highest BCUT2D eigenvalue weighted by molar-refractivity contribution is 7.13. The number of rotatable bonds is 5. The molecule has 2 aromatic heterocycles. The number of piperidine rings is 1. The van der Waals surface area contributed by atoms with Gasteiger partial charge in [-0.3, -0.25) is 0 Å². The normalized spacial score (nSPS) is 22.1. The topological polar surface area (TPSA) is 83.7 Å². The number of oxazole rings is 1. The number of hydrogen-bond acceptors (Lipinski definition) is 8. The molecular formula is C17H16F2N4O3S. The maximum atomic E-state index is 13.6. The van der Waals surface area contributed by atoms with E-state index in [1.165, 1.54) is 17.4 Å². The number of piperazine rings is 1.